The molecule has 2 rings (SSSR count). The van der Waals surface area contributed by atoms with Gasteiger partial charge in [0.25, 0.3) is 0 Å². The van der Waals surface area contributed by atoms with E-state index in [1.54, 1.807) is 0 Å². The Hall–Kier alpha value is -0.940. The van der Waals surface area contributed by atoms with Crippen LogP contribution in [-0.4, -0.2) is 40.7 Å². The average Bonchev–Trinajstić information content (AvgIpc) is 3.00. The van der Waals surface area contributed by atoms with E-state index >= 15 is 0 Å². The summed E-state index contributed by atoms with van der Waals surface area (Å²) in [6.45, 7) is 10.5. The molecule has 1 aliphatic heterocycles. The summed E-state index contributed by atoms with van der Waals surface area (Å²) in [5.41, 5.74) is 0. The minimum absolute atomic E-state index is 0.327. The zero-order chi connectivity index (χ0) is 13.7. The van der Waals surface area contributed by atoms with Gasteiger partial charge in [0.15, 0.2) is 5.82 Å². The van der Waals surface area contributed by atoms with Crippen LogP contribution in [0.25, 0.3) is 0 Å². The molecule has 0 aromatic carbocycles. The van der Waals surface area contributed by atoms with Crippen LogP contribution in [0.3, 0.4) is 0 Å². The number of hydrogen-bond acceptors (Lipinski definition) is 5. The largest absolute Gasteiger partial charge is 0.338 e. The van der Waals surface area contributed by atoms with Gasteiger partial charge in [0.05, 0.1) is 6.54 Å². The summed E-state index contributed by atoms with van der Waals surface area (Å²) < 4.78 is 5.34. The lowest BCUT2D eigenvalue weighted by Crippen LogP contribution is -2.37. The molecule has 1 fully saturated rings. The summed E-state index contributed by atoms with van der Waals surface area (Å²) in [6.07, 6.45) is 3.72. The molecule has 1 saturated heterocycles. The molecule has 0 radical (unpaired) electrons. The lowest BCUT2D eigenvalue weighted by atomic mass is 10.2. The minimum Gasteiger partial charge on any atom is -0.338 e. The van der Waals surface area contributed by atoms with E-state index in [1.165, 1.54) is 12.8 Å². The van der Waals surface area contributed by atoms with Crippen molar-refractivity contribution in [3.63, 3.8) is 0 Å². The van der Waals surface area contributed by atoms with Gasteiger partial charge in [0.1, 0.15) is 0 Å². The number of nitrogens with zero attached hydrogens (tertiary/aromatic N) is 3. The van der Waals surface area contributed by atoms with Gasteiger partial charge in [-0.05, 0) is 32.4 Å². The molecular weight excluding hydrogens is 240 g/mol. The molecule has 2 heterocycles. The second kappa shape index (κ2) is 7.01. The van der Waals surface area contributed by atoms with Crippen molar-refractivity contribution in [2.75, 3.05) is 19.6 Å². The van der Waals surface area contributed by atoms with Crippen LogP contribution in [-0.2, 0) is 6.54 Å². The molecule has 19 heavy (non-hydrogen) atoms. The Morgan fingerprint density at radius 2 is 2.32 bits per heavy atom. The summed E-state index contributed by atoms with van der Waals surface area (Å²) in [5, 5.41) is 7.58. The Morgan fingerprint density at radius 3 is 2.89 bits per heavy atom. The first-order valence-electron chi connectivity index (χ1n) is 7.47. The van der Waals surface area contributed by atoms with Crippen LogP contribution in [0.4, 0.5) is 0 Å². The van der Waals surface area contributed by atoms with E-state index in [1.807, 2.05) is 0 Å². The van der Waals surface area contributed by atoms with E-state index < -0.39 is 0 Å². The van der Waals surface area contributed by atoms with Crippen molar-refractivity contribution in [3.05, 3.63) is 11.7 Å². The van der Waals surface area contributed by atoms with E-state index in [9.17, 15) is 0 Å². The molecule has 1 unspecified atom stereocenters. The maximum absolute atomic E-state index is 5.34. The van der Waals surface area contributed by atoms with Gasteiger partial charge in [-0.2, -0.15) is 4.98 Å². The third-order valence-electron chi connectivity index (χ3n) is 3.54. The van der Waals surface area contributed by atoms with Crippen molar-refractivity contribution < 1.29 is 4.52 Å². The van der Waals surface area contributed by atoms with Gasteiger partial charge in [-0.3, -0.25) is 4.90 Å². The highest BCUT2D eigenvalue weighted by atomic mass is 16.5. The van der Waals surface area contributed by atoms with Crippen molar-refractivity contribution in [1.82, 2.24) is 20.4 Å². The van der Waals surface area contributed by atoms with E-state index in [0.717, 1.165) is 44.3 Å². The molecule has 5 nitrogen and oxygen atoms in total. The van der Waals surface area contributed by atoms with Crippen LogP contribution in [0.2, 0.25) is 0 Å². The Morgan fingerprint density at radius 1 is 1.47 bits per heavy atom. The topological polar surface area (TPSA) is 54.2 Å². The summed E-state index contributed by atoms with van der Waals surface area (Å²) >= 11 is 0. The predicted octanol–water partition coefficient (Wildman–Crippen LogP) is 2.16. The molecule has 1 aliphatic rings. The Labute approximate surface area is 115 Å². The van der Waals surface area contributed by atoms with Gasteiger partial charge >= 0.3 is 0 Å². The first-order chi connectivity index (χ1) is 9.19. The van der Waals surface area contributed by atoms with E-state index in [4.69, 9.17) is 4.52 Å². The zero-order valence-corrected chi connectivity index (χ0v) is 12.4. The third kappa shape index (κ3) is 4.28. The molecular formula is C14H26N4O. The van der Waals surface area contributed by atoms with Gasteiger partial charge in [-0.15, -0.1) is 0 Å². The molecule has 1 N–H and O–H groups in total. The highest BCUT2D eigenvalue weighted by Crippen LogP contribution is 2.13. The number of aromatic nitrogens is 2. The standard InChI is InChI=1S/C14H26N4O/c1-4-8-18(9-12-6-5-7-15-12)10-13-16-14(11(2)3)17-19-13/h11-12,15H,4-10H2,1-3H3. The number of rotatable bonds is 7. The van der Waals surface area contributed by atoms with Gasteiger partial charge in [0, 0.05) is 18.5 Å². The molecule has 0 amide bonds. The van der Waals surface area contributed by atoms with Crippen molar-refractivity contribution in [3.8, 4) is 0 Å². The van der Waals surface area contributed by atoms with Crippen LogP contribution in [0.15, 0.2) is 4.52 Å². The highest BCUT2D eigenvalue weighted by molar-refractivity contribution is 4.92. The van der Waals surface area contributed by atoms with Crippen LogP contribution < -0.4 is 5.32 Å². The first-order valence-corrected chi connectivity index (χ1v) is 7.47. The first kappa shape index (κ1) is 14.5. The highest BCUT2D eigenvalue weighted by Gasteiger charge is 2.19. The van der Waals surface area contributed by atoms with Crippen LogP contribution in [0.5, 0.6) is 0 Å². The number of nitrogens with one attached hydrogen (secondary N) is 1. The smallest absolute Gasteiger partial charge is 0.240 e. The van der Waals surface area contributed by atoms with Crippen LogP contribution in [0.1, 0.15) is 57.7 Å². The monoisotopic (exact) mass is 266 g/mol. The Bertz CT molecular complexity index is 371. The van der Waals surface area contributed by atoms with Crippen molar-refractivity contribution in [2.24, 2.45) is 0 Å². The quantitative estimate of drug-likeness (QED) is 0.819. The third-order valence-corrected chi connectivity index (χ3v) is 3.54. The molecule has 0 aliphatic carbocycles. The van der Waals surface area contributed by atoms with Crippen LogP contribution in [0, 0.1) is 0 Å². The van der Waals surface area contributed by atoms with Gasteiger partial charge < -0.3 is 9.84 Å². The summed E-state index contributed by atoms with van der Waals surface area (Å²) in [7, 11) is 0. The number of hydrogen-bond donors (Lipinski definition) is 1. The molecule has 0 spiro atoms. The van der Waals surface area contributed by atoms with Gasteiger partial charge in [0.2, 0.25) is 5.89 Å². The van der Waals surface area contributed by atoms with E-state index in [2.05, 4.69) is 41.1 Å². The second-order valence-corrected chi connectivity index (χ2v) is 5.73. The lowest BCUT2D eigenvalue weighted by molar-refractivity contribution is 0.209. The Kier molecular flexibility index (Phi) is 5.34. The second-order valence-electron chi connectivity index (χ2n) is 5.73. The molecule has 1 aromatic heterocycles. The normalized spacial score (nSPS) is 19.7. The minimum atomic E-state index is 0.327. The maximum atomic E-state index is 5.34. The fraction of sp³-hybridized carbons (Fsp3) is 0.857. The predicted molar refractivity (Wildman–Crippen MR) is 75.0 cm³/mol. The molecule has 108 valence electrons. The average molecular weight is 266 g/mol. The molecule has 0 saturated carbocycles. The molecule has 5 heteroatoms. The van der Waals surface area contributed by atoms with Crippen LogP contribution >= 0.6 is 0 Å². The molecule has 1 atom stereocenters. The van der Waals surface area contributed by atoms with Crippen molar-refractivity contribution in [1.29, 1.82) is 0 Å². The fourth-order valence-electron chi connectivity index (χ4n) is 2.53. The summed E-state index contributed by atoms with van der Waals surface area (Å²) in [4.78, 5) is 6.88. The summed E-state index contributed by atoms with van der Waals surface area (Å²) in [5.74, 6) is 1.88. The molecule has 0 bridgehead atoms. The maximum Gasteiger partial charge on any atom is 0.240 e. The zero-order valence-electron chi connectivity index (χ0n) is 12.4. The SMILES string of the molecule is CCCN(Cc1nc(C(C)C)no1)CC1CCCN1. The van der Waals surface area contributed by atoms with Crippen molar-refractivity contribution in [2.45, 2.75) is 58.5 Å². The fourth-order valence-corrected chi connectivity index (χ4v) is 2.53. The van der Waals surface area contributed by atoms with Gasteiger partial charge in [-0.1, -0.05) is 25.9 Å². The molecule has 1 aromatic rings. The summed E-state index contributed by atoms with van der Waals surface area (Å²) in [6, 6.07) is 0.624. The Balaban J connectivity index is 1.90. The van der Waals surface area contributed by atoms with Gasteiger partial charge in [-0.25, -0.2) is 0 Å². The van der Waals surface area contributed by atoms with E-state index in [-0.39, 0.29) is 0 Å². The lowest BCUT2D eigenvalue weighted by Gasteiger charge is -2.23. The van der Waals surface area contributed by atoms with E-state index in [0.29, 0.717) is 12.0 Å². The van der Waals surface area contributed by atoms with Crippen molar-refractivity contribution >= 4 is 0 Å².